The molecule has 1 heterocycles. The van der Waals surface area contributed by atoms with E-state index < -0.39 is 23.6 Å². The van der Waals surface area contributed by atoms with Crippen LogP contribution in [-0.4, -0.2) is 32.1 Å². The topological polar surface area (TPSA) is 80.6 Å². The van der Waals surface area contributed by atoms with Crippen molar-refractivity contribution in [3.8, 4) is 11.3 Å². The summed E-state index contributed by atoms with van der Waals surface area (Å²) in [5.41, 5.74) is -0.326. The number of ether oxygens (including phenoxy) is 1. The number of carbonyl (C=O) groups excluding carboxylic acids is 2. The van der Waals surface area contributed by atoms with Crippen molar-refractivity contribution < 1.29 is 31.9 Å². The third-order valence-corrected chi connectivity index (χ3v) is 4.51. The highest BCUT2D eigenvalue weighted by Gasteiger charge is 2.30. The molecule has 2 aromatic carbocycles. The first-order valence-corrected chi connectivity index (χ1v) is 9.90. The lowest BCUT2D eigenvalue weighted by Gasteiger charge is -2.10. The second-order valence-corrected chi connectivity index (χ2v) is 6.91. The van der Waals surface area contributed by atoms with Gasteiger partial charge in [0.15, 0.2) is 0 Å². The molecule has 0 aliphatic rings. The van der Waals surface area contributed by atoms with E-state index in [9.17, 15) is 22.8 Å². The number of halogens is 3. The number of furan rings is 1. The van der Waals surface area contributed by atoms with Crippen LogP contribution in [0.4, 0.5) is 13.2 Å². The Morgan fingerprint density at radius 3 is 2.48 bits per heavy atom. The molecular weight excluding hydrogens is 437 g/mol. The standard InChI is InChI=1S/C24H21F3N2O4/c1-32-13-12-28-23(31)20(29-22(30)16-6-3-2-4-7-16)15-19-10-11-21(33-19)17-8-5-9-18(14-17)24(25,26)27/h2-11,14-15H,12-13H2,1H3,(H,28,31)(H,29,30)/b20-15+. The lowest BCUT2D eigenvalue weighted by atomic mass is 10.1. The highest BCUT2D eigenvalue weighted by atomic mass is 19.4. The summed E-state index contributed by atoms with van der Waals surface area (Å²) >= 11 is 0. The summed E-state index contributed by atoms with van der Waals surface area (Å²) < 4.78 is 49.6. The third kappa shape index (κ3) is 6.56. The van der Waals surface area contributed by atoms with Crippen LogP contribution in [0.25, 0.3) is 17.4 Å². The summed E-state index contributed by atoms with van der Waals surface area (Å²) in [6.07, 6.45) is -3.18. The predicted octanol–water partition coefficient (Wildman–Crippen LogP) is 4.50. The monoisotopic (exact) mass is 458 g/mol. The summed E-state index contributed by atoms with van der Waals surface area (Å²) in [5.74, 6) is -0.727. The quantitative estimate of drug-likeness (QED) is 0.385. The Hall–Kier alpha value is -3.85. The van der Waals surface area contributed by atoms with E-state index in [4.69, 9.17) is 9.15 Å². The SMILES string of the molecule is COCCNC(=O)/C(=C\c1ccc(-c2cccc(C(F)(F)F)c2)o1)NC(=O)c1ccccc1. The largest absolute Gasteiger partial charge is 0.457 e. The number of methoxy groups -OCH3 is 1. The molecular formula is C24H21F3N2O4. The van der Waals surface area contributed by atoms with Crippen molar-refractivity contribution in [2.75, 3.05) is 20.3 Å². The van der Waals surface area contributed by atoms with Gasteiger partial charge in [0, 0.05) is 30.9 Å². The fourth-order valence-corrected chi connectivity index (χ4v) is 2.88. The van der Waals surface area contributed by atoms with E-state index >= 15 is 0 Å². The van der Waals surface area contributed by atoms with E-state index in [2.05, 4.69) is 10.6 Å². The maximum Gasteiger partial charge on any atom is 0.416 e. The van der Waals surface area contributed by atoms with E-state index in [1.807, 2.05) is 0 Å². The number of carbonyl (C=O) groups is 2. The Morgan fingerprint density at radius 1 is 1.03 bits per heavy atom. The Kier molecular flexibility index (Phi) is 7.68. The van der Waals surface area contributed by atoms with Crippen LogP contribution in [0.3, 0.4) is 0 Å². The maximum absolute atomic E-state index is 13.0. The highest BCUT2D eigenvalue weighted by molar-refractivity contribution is 6.05. The molecule has 2 N–H and O–H groups in total. The van der Waals surface area contributed by atoms with Gasteiger partial charge in [-0.3, -0.25) is 9.59 Å². The van der Waals surface area contributed by atoms with Gasteiger partial charge in [0.1, 0.15) is 17.2 Å². The van der Waals surface area contributed by atoms with Gasteiger partial charge in [-0.05, 0) is 36.4 Å². The molecule has 0 fully saturated rings. The average Bonchev–Trinajstić information content (AvgIpc) is 3.27. The zero-order chi connectivity index (χ0) is 23.8. The van der Waals surface area contributed by atoms with E-state index in [0.29, 0.717) is 5.56 Å². The predicted molar refractivity (Wildman–Crippen MR) is 116 cm³/mol. The van der Waals surface area contributed by atoms with Gasteiger partial charge < -0.3 is 19.8 Å². The fraction of sp³-hybridized carbons (Fsp3) is 0.167. The van der Waals surface area contributed by atoms with Crippen LogP contribution < -0.4 is 10.6 Å². The van der Waals surface area contributed by atoms with Gasteiger partial charge >= 0.3 is 6.18 Å². The van der Waals surface area contributed by atoms with Gasteiger partial charge in [-0.1, -0.05) is 30.3 Å². The van der Waals surface area contributed by atoms with Gasteiger partial charge in [-0.2, -0.15) is 13.2 Å². The van der Waals surface area contributed by atoms with Crippen molar-refractivity contribution in [1.82, 2.24) is 10.6 Å². The molecule has 0 radical (unpaired) electrons. The lowest BCUT2D eigenvalue weighted by molar-refractivity contribution is -0.137. The van der Waals surface area contributed by atoms with Crippen LogP contribution in [0.2, 0.25) is 0 Å². The number of hydrogen-bond donors (Lipinski definition) is 2. The molecule has 0 atom stereocenters. The number of benzene rings is 2. The second-order valence-electron chi connectivity index (χ2n) is 6.91. The minimum absolute atomic E-state index is 0.0927. The molecule has 33 heavy (non-hydrogen) atoms. The smallest absolute Gasteiger partial charge is 0.416 e. The van der Waals surface area contributed by atoms with Gasteiger partial charge in [0.05, 0.1) is 12.2 Å². The molecule has 6 nitrogen and oxygen atoms in total. The lowest BCUT2D eigenvalue weighted by Crippen LogP contribution is -2.36. The fourth-order valence-electron chi connectivity index (χ4n) is 2.88. The minimum Gasteiger partial charge on any atom is -0.457 e. The second kappa shape index (κ2) is 10.6. The third-order valence-electron chi connectivity index (χ3n) is 4.51. The van der Waals surface area contributed by atoms with E-state index in [1.54, 1.807) is 30.3 Å². The Morgan fingerprint density at radius 2 is 1.79 bits per heavy atom. The number of rotatable bonds is 8. The first kappa shape index (κ1) is 23.8. The van der Waals surface area contributed by atoms with Crippen molar-refractivity contribution in [3.05, 3.63) is 89.3 Å². The van der Waals surface area contributed by atoms with Crippen molar-refractivity contribution in [2.45, 2.75) is 6.18 Å². The summed E-state index contributed by atoms with van der Waals surface area (Å²) in [7, 11) is 1.48. The normalized spacial score (nSPS) is 11.8. The maximum atomic E-state index is 13.0. The van der Waals surface area contributed by atoms with Crippen LogP contribution >= 0.6 is 0 Å². The molecule has 0 spiro atoms. The van der Waals surface area contributed by atoms with E-state index in [1.165, 1.54) is 37.5 Å². The average molecular weight is 458 g/mol. The summed E-state index contributed by atoms with van der Waals surface area (Å²) in [6.45, 7) is 0.480. The van der Waals surface area contributed by atoms with Crippen molar-refractivity contribution in [3.63, 3.8) is 0 Å². The first-order chi connectivity index (χ1) is 15.8. The molecule has 1 aromatic heterocycles. The number of alkyl halides is 3. The summed E-state index contributed by atoms with van der Waals surface area (Å²) in [6, 6.07) is 16.0. The van der Waals surface area contributed by atoms with E-state index in [-0.39, 0.29) is 35.9 Å². The summed E-state index contributed by atoms with van der Waals surface area (Å²) in [4.78, 5) is 25.1. The van der Waals surface area contributed by atoms with Gasteiger partial charge in [0.2, 0.25) is 0 Å². The molecule has 0 aliphatic carbocycles. The molecule has 0 saturated carbocycles. The Balaban J connectivity index is 1.87. The van der Waals surface area contributed by atoms with Crippen molar-refractivity contribution in [1.29, 1.82) is 0 Å². The van der Waals surface area contributed by atoms with Gasteiger partial charge in [-0.25, -0.2) is 0 Å². The van der Waals surface area contributed by atoms with Crippen molar-refractivity contribution in [2.24, 2.45) is 0 Å². The Labute approximate surface area is 188 Å². The molecule has 172 valence electrons. The molecule has 0 aliphatic heterocycles. The van der Waals surface area contributed by atoms with E-state index in [0.717, 1.165) is 12.1 Å². The molecule has 0 unspecified atom stereocenters. The van der Waals surface area contributed by atoms with Crippen molar-refractivity contribution >= 4 is 17.9 Å². The van der Waals surface area contributed by atoms with Crippen LogP contribution in [0.5, 0.6) is 0 Å². The van der Waals surface area contributed by atoms with Gasteiger partial charge in [-0.15, -0.1) is 0 Å². The number of amides is 2. The highest BCUT2D eigenvalue weighted by Crippen LogP contribution is 2.32. The zero-order valence-electron chi connectivity index (χ0n) is 17.6. The number of nitrogens with one attached hydrogen (secondary N) is 2. The Bertz CT molecular complexity index is 1140. The molecule has 2 amide bonds. The molecule has 9 heteroatoms. The number of hydrogen-bond acceptors (Lipinski definition) is 4. The molecule has 3 rings (SSSR count). The molecule has 0 saturated heterocycles. The minimum atomic E-state index is -4.49. The zero-order valence-corrected chi connectivity index (χ0v) is 17.6. The summed E-state index contributed by atoms with van der Waals surface area (Å²) in [5, 5.41) is 5.16. The van der Waals surface area contributed by atoms with Crippen LogP contribution in [-0.2, 0) is 15.7 Å². The molecule has 3 aromatic rings. The van der Waals surface area contributed by atoms with Crippen LogP contribution in [0.1, 0.15) is 21.7 Å². The first-order valence-electron chi connectivity index (χ1n) is 9.90. The van der Waals surface area contributed by atoms with Crippen LogP contribution in [0, 0.1) is 0 Å². The van der Waals surface area contributed by atoms with Gasteiger partial charge in [0.25, 0.3) is 11.8 Å². The molecule has 0 bridgehead atoms. The van der Waals surface area contributed by atoms with Crippen LogP contribution in [0.15, 0.2) is 76.8 Å².